The number of carbonyl (C=O) groups is 1. The van der Waals surface area contributed by atoms with Gasteiger partial charge in [0.2, 0.25) is 0 Å². The second kappa shape index (κ2) is 5.63. The highest BCUT2D eigenvalue weighted by atomic mass is 16.6. The Hall–Kier alpha value is -1.53. The van der Waals surface area contributed by atoms with Crippen LogP contribution in [-0.2, 0) is 4.74 Å². The van der Waals surface area contributed by atoms with Crippen molar-refractivity contribution in [1.29, 1.82) is 0 Å². The van der Waals surface area contributed by atoms with Gasteiger partial charge >= 0.3 is 13.1 Å². The highest BCUT2D eigenvalue weighted by Gasteiger charge is 2.23. The fourth-order valence-electron chi connectivity index (χ4n) is 1.69. The summed E-state index contributed by atoms with van der Waals surface area (Å²) in [7, 11) is 0.0725. The monoisotopic (exact) mass is 265 g/mol. The standard InChI is InChI=1S/C13H20BNO4/c1-8-10(12(16)19-13(2,3)4)6-9(14(17)18)7-11(8)15-5/h6-7,15,17-18H,1-5H3. The third-order valence-electron chi connectivity index (χ3n) is 2.62. The van der Waals surface area contributed by atoms with Gasteiger partial charge in [-0.25, -0.2) is 4.79 Å². The minimum atomic E-state index is -1.63. The maximum Gasteiger partial charge on any atom is 0.488 e. The van der Waals surface area contributed by atoms with Gasteiger partial charge in [-0.3, -0.25) is 0 Å². The van der Waals surface area contributed by atoms with Gasteiger partial charge in [0.25, 0.3) is 0 Å². The van der Waals surface area contributed by atoms with Crippen LogP contribution in [-0.4, -0.2) is 35.8 Å². The molecular formula is C13H20BNO4. The summed E-state index contributed by atoms with van der Waals surface area (Å²) < 4.78 is 5.31. The van der Waals surface area contributed by atoms with Crippen LogP contribution in [0.3, 0.4) is 0 Å². The molecule has 0 unspecified atom stereocenters. The number of carbonyl (C=O) groups excluding carboxylic acids is 1. The van der Waals surface area contributed by atoms with Gasteiger partial charge in [-0.1, -0.05) is 0 Å². The van der Waals surface area contributed by atoms with E-state index in [9.17, 15) is 14.8 Å². The Balaban J connectivity index is 3.25. The third kappa shape index (κ3) is 3.97. The van der Waals surface area contributed by atoms with Crippen LogP contribution in [0.1, 0.15) is 36.7 Å². The van der Waals surface area contributed by atoms with Crippen molar-refractivity contribution in [3.05, 3.63) is 23.3 Å². The molecule has 3 N–H and O–H groups in total. The van der Waals surface area contributed by atoms with Gasteiger partial charge in [0, 0.05) is 12.7 Å². The highest BCUT2D eigenvalue weighted by molar-refractivity contribution is 6.58. The third-order valence-corrected chi connectivity index (χ3v) is 2.62. The van der Waals surface area contributed by atoms with Crippen molar-refractivity contribution in [2.45, 2.75) is 33.3 Å². The molecule has 0 bridgehead atoms. The molecule has 0 aliphatic carbocycles. The average Bonchev–Trinajstić information content (AvgIpc) is 2.26. The summed E-state index contributed by atoms with van der Waals surface area (Å²) >= 11 is 0. The van der Waals surface area contributed by atoms with E-state index in [0.717, 1.165) is 0 Å². The van der Waals surface area contributed by atoms with E-state index in [0.29, 0.717) is 16.8 Å². The lowest BCUT2D eigenvalue weighted by atomic mass is 9.78. The molecule has 1 aromatic rings. The topological polar surface area (TPSA) is 78.8 Å². The molecule has 0 atom stereocenters. The number of nitrogens with one attached hydrogen (secondary N) is 1. The first-order valence-corrected chi connectivity index (χ1v) is 6.07. The highest BCUT2D eigenvalue weighted by Crippen LogP contribution is 2.20. The van der Waals surface area contributed by atoms with E-state index in [1.807, 2.05) is 0 Å². The predicted molar refractivity (Wildman–Crippen MR) is 75.7 cm³/mol. The minimum absolute atomic E-state index is 0.246. The number of rotatable bonds is 3. The molecule has 0 radical (unpaired) electrons. The quantitative estimate of drug-likeness (QED) is 0.553. The van der Waals surface area contributed by atoms with E-state index >= 15 is 0 Å². The molecule has 0 aliphatic rings. The molecular weight excluding hydrogens is 245 g/mol. The van der Waals surface area contributed by atoms with Gasteiger partial charge in [0.05, 0.1) is 5.56 Å². The van der Waals surface area contributed by atoms with E-state index in [4.69, 9.17) is 4.74 Å². The molecule has 1 rings (SSSR count). The SMILES string of the molecule is CNc1cc(B(O)O)cc(C(=O)OC(C)(C)C)c1C. The van der Waals surface area contributed by atoms with Crippen LogP contribution in [0.4, 0.5) is 5.69 Å². The lowest BCUT2D eigenvalue weighted by Crippen LogP contribution is -2.32. The van der Waals surface area contributed by atoms with E-state index in [1.54, 1.807) is 40.8 Å². The van der Waals surface area contributed by atoms with Crippen LogP contribution in [0.25, 0.3) is 0 Å². The molecule has 6 heteroatoms. The second-order valence-electron chi connectivity index (χ2n) is 5.37. The Kier molecular flexibility index (Phi) is 4.60. The van der Waals surface area contributed by atoms with Crippen molar-refractivity contribution in [2.24, 2.45) is 0 Å². The Labute approximate surface area is 113 Å². The van der Waals surface area contributed by atoms with Crippen molar-refractivity contribution < 1.29 is 19.6 Å². The lowest BCUT2D eigenvalue weighted by molar-refractivity contribution is 0.00689. The van der Waals surface area contributed by atoms with Crippen molar-refractivity contribution >= 4 is 24.2 Å². The lowest BCUT2D eigenvalue weighted by Gasteiger charge is -2.21. The van der Waals surface area contributed by atoms with Gasteiger partial charge < -0.3 is 20.1 Å². The summed E-state index contributed by atoms with van der Waals surface area (Å²) in [5, 5.41) is 21.4. The van der Waals surface area contributed by atoms with E-state index < -0.39 is 18.7 Å². The van der Waals surface area contributed by atoms with E-state index in [1.165, 1.54) is 6.07 Å². The maximum atomic E-state index is 12.1. The van der Waals surface area contributed by atoms with Gasteiger partial charge in [-0.2, -0.15) is 0 Å². The second-order valence-corrected chi connectivity index (χ2v) is 5.37. The largest absolute Gasteiger partial charge is 0.488 e. The van der Waals surface area contributed by atoms with Gasteiger partial charge in [-0.15, -0.1) is 0 Å². The van der Waals surface area contributed by atoms with Crippen molar-refractivity contribution in [3.8, 4) is 0 Å². The smallest absolute Gasteiger partial charge is 0.456 e. The Morgan fingerprint density at radius 2 is 1.89 bits per heavy atom. The van der Waals surface area contributed by atoms with Gasteiger partial charge in [-0.05, 0) is 50.9 Å². The first kappa shape index (κ1) is 15.5. The number of hydrogen-bond donors (Lipinski definition) is 3. The number of esters is 1. The fraction of sp³-hybridized carbons (Fsp3) is 0.462. The molecule has 0 saturated carbocycles. The zero-order chi connectivity index (χ0) is 14.8. The van der Waals surface area contributed by atoms with Crippen molar-refractivity contribution in [3.63, 3.8) is 0 Å². The molecule has 0 heterocycles. The first-order valence-electron chi connectivity index (χ1n) is 6.07. The van der Waals surface area contributed by atoms with Crippen LogP contribution < -0.4 is 10.8 Å². The molecule has 0 saturated heterocycles. The van der Waals surface area contributed by atoms with Gasteiger partial charge in [0.15, 0.2) is 0 Å². The number of ether oxygens (including phenoxy) is 1. The number of benzene rings is 1. The van der Waals surface area contributed by atoms with Crippen LogP contribution >= 0.6 is 0 Å². The molecule has 1 aromatic carbocycles. The molecule has 0 fully saturated rings. The normalized spacial score (nSPS) is 11.1. The minimum Gasteiger partial charge on any atom is -0.456 e. The van der Waals surface area contributed by atoms with Crippen LogP contribution in [0.15, 0.2) is 12.1 Å². The predicted octanol–water partition coefficient (Wildman–Crippen LogP) is 0.672. The first-order chi connectivity index (χ1) is 8.65. The van der Waals surface area contributed by atoms with Crippen LogP contribution in [0.5, 0.6) is 0 Å². The molecule has 19 heavy (non-hydrogen) atoms. The maximum absolute atomic E-state index is 12.1. The fourth-order valence-corrected chi connectivity index (χ4v) is 1.69. The number of anilines is 1. The summed E-state index contributed by atoms with van der Waals surface area (Å²) in [6, 6.07) is 3.03. The average molecular weight is 265 g/mol. The van der Waals surface area contributed by atoms with E-state index in [2.05, 4.69) is 5.32 Å². The molecule has 0 aliphatic heterocycles. The zero-order valence-electron chi connectivity index (χ0n) is 11.9. The molecule has 5 nitrogen and oxygen atoms in total. The van der Waals surface area contributed by atoms with Crippen molar-refractivity contribution in [1.82, 2.24) is 0 Å². The van der Waals surface area contributed by atoms with E-state index in [-0.39, 0.29) is 5.46 Å². The molecule has 0 amide bonds. The van der Waals surface area contributed by atoms with Crippen LogP contribution in [0, 0.1) is 6.92 Å². The summed E-state index contributed by atoms with van der Waals surface area (Å²) in [5.74, 6) is -0.482. The zero-order valence-corrected chi connectivity index (χ0v) is 11.9. The molecule has 0 aromatic heterocycles. The Morgan fingerprint density at radius 1 is 1.32 bits per heavy atom. The summed E-state index contributed by atoms with van der Waals surface area (Å²) in [5.41, 5.74) is 1.34. The molecule has 104 valence electrons. The Morgan fingerprint density at radius 3 is 2.32 bits per heavy atom. The summed E-state index contributed by atoms with van der Waals surface area (Å²) in [6.45, 7) is 7.12. The number of hydrogen-bond acceptors (Lipinski definition) is 5. The molecule has 0 spiro atoms. The van der Waals surface area contributed by atoms with Gasteiger partial charge in [0.1, 0.15) is 5.60 Å². The summed E-state index contributed by atoms with van der Waals surface area (Å²) in [6.07, 6.45) is 0. The summed E-state index contributed by atoms with van der Waals surface area (Å²) in [4.78, 5) is 12.1. The van der Waals surface area contributed by atoms with Crippen molar-refractivity contribution in [2.75, 3.05) is 12.4 Å². The Bertz CT molecular complexity index is 480. The van der Waals surface area contributed by atoms with Crippen LogP contribution in [0.2, 0.25) is 0 Å².